The van der Waals surface area contributed by atoms with E-state index in [0.29, 0.717) is 6.42 Å². The summed E-state index contributed by atoms with van der Waals surface area (Å²) in [6.45, 7) is 5.23. The molecule has 0 radical (unpaired) electrons. The molecule has 3 heteroatoms. The van der Waals surface area contributed by atoms with Gasteiger partial charge in [-0.05, 0) is 25.8 Å². The molecular formula is C11H14O3. The Morgan fingerprint density at radius 2 is 2.50 bits per heavy atom. The zero-order chi connectivity index (χ0) is 10.6. The summed E-state index contributed by atoms with van der Waals surface area (Å²) < 4.78 is 4.89. The summed E-state index contributed by atoms with van der Waals surface area (Å²) in [6, 6.07) is 0. The van der Waals surface area contributed by atoms with E-state index in [1.54, 1.807) is 13.0 Å². The average molecular weight is 194 g/mol. The molecule has 76 valence electrons. The number of ketones is 1. The van der Waals surface area contributed by atoms with Crippen LogP contribution in [0.25, 0.3) is 0 Å². The van der Waals surface area contributed by atoms with Gasteiger partial charge >= 0.3 is 5.97 Å². The van der Waals surface area contributed by atoms with E-state index in [9.17, 15) is 9.59 Å². The minimum Gasteiger partial charge on any atom is -0.461 e. The lowest BCUT2D eigenvalue weighted by atomic mass is 9.78. The summed E-state index contributed by atoms with van der Waals surface area (Å²) in [4.78, 5) is 23.1. The van der Waals surface area contributed by atoms with Crippen LogP contribution in [-0.4, -0.2) is 18.4 Å². The topological polar surface area (TPSA) is 43.4 Å². The van der Waals surface area contributed by atoms with Crippen LogP contribution in [0.5, 0.6) is 0 Å². The summed E-state index contributed by atoms with van der Waals surface area (Å²) in [7, 11) is 0. The molecule has 0 aromatic carbocycles. The largest absolute Gasteiger partial charge is 0.461 e. The summed E-state index contributed by atoms with van der Waals surface area (Å²) in [5.74, 6) is -0.621. The molecule has 1 rings (SSSR count). The molecule has 1 unspecified atom stereocenters. The first kappa shape index (κ1) is 10.7. The zero-order valence-electron chi connectivity index (χ0n) is 8.29. The minimum absolute atomic E-state index is 0.158. The van der Waals surface area contributed by atoms with E-state index in [1.165, 1.54) is 12.2 Å². The lowest BCUT2D eigenvalue weighted by molar-refractivity contribution is -0.157. The summed E-state index contributed by atoms with van der Waals surface area (Å²) in [6.07, 6.45) is 6.00. The van der Waals surface area contributed by atoms with Gasteiger partial charge in [-0.2, -0.15) is 0 Å². The summed E-state index contributed by atoms with van der Waals surface area (Å²) in [5, 5.41) is 0. The number of hydrogen-bond donors (Lipinski definition) is 0. The number of hydrogen-bond acceptors (Lipinski definition) is 3. The molecule has 0 saturated heterocycles. The maximum Gasteiger partial charge on any atom is 0.320 e. The fraction of sp³-hybridized carbons (Fsp3) is 0.455. The monoisotopic (exact) mass is 194 g/mol. The molecule has 0 aliphatic heterocycles. The normalized spacial score (nSPS) is 25.9. The molecule has 1 atom stereocenters. The number of allylic oxidation sites excluding steroid dienone is 2. The van der Waals surface area contributed by atoms with Crippen LogP contribution < -0.4 is 0 Å². The Morgan fingerprint density at radius 1 is 1.79 bits per heavy atom. The third kappa shape index (κ3) is 1.92. The molecule has 0 saturated carbocycles. The lowest BCUT2D eigenvalue weighted by Crippen LogP contribution is -2.38. The second-order valence-electron chi connectivity index (χ2n) is 3.52. The highest BCUT2D eigenvalue weighted by Gasteiger charge is 2.41. The molecule has 0 spiro atoms. The Labute approximate surface area is 83.4 Å². The van der Waals surface area contributed by atoms with Gasteiger partial charge < -0.3 is 4.74 Å². The Balaban J connectivity index is 2.73. The zero-order valence-corrected chi connectivity index (χ0v) is 8.29. The van der Waals surface area contributed by atoms with E-state index in [1.807, 2.05) is 0 Å². The van der Waals surface area contributed by atoms with Crippen LogP contribution in [0.2, 0.25) is 0 Å². The third-order valence-corrected chi connectivity index (χ3v) is 2.41. The van der Waals surface area contributed by atoms with Gasteiger partial charge in [0.05, 0.1) is 0 Å². The van der Waals surface area contributed by atoms with Crippen molar-refractivity contribution in [3.8, 4) is 0 Å². The fourth-order valence-electron chi connectivity index (χ4n) is 1.37. The number of carbonyl (C=O) groups is 2. The van der Waals surface area contributed by atoms with E-state index >= 15 is 0 Å². The van der Waals surface area contributed by atoms with Gasteiger partial charge in [-0.25, -0.2) is 0 Å². The quantitative estimate of drug-likeness (QED) is 0.389. The van der Waals surface area contributed by atoms with Crippen LogP contribution in [0.3, 0.4) is 0 Å². The van der Waals surface area contributed by atoms with Gasteiger partial charge in [0.1, 0.15) is 12.0 Å². The van der Waals surface area contributed by atoms with Gasteiger partial charge in [-0.1, -0.05) is 18.7 Å². The average Bonchev–Trinajstić information content (AvgIpc) is 2.19. The van der Waals surface area contributed by atoms with E-state index in [0.717, 1.165) is 6.42 Å². The highest BCUT2D eigenvalue weighted by molar-refractivity contribution is 6.09. The van der Waals surface area contributed by atoms with Crippen LogP contribution >= 0.6 is 0 Å². The van der Waals surface area contributed by atoms with Crippen LogP contribution in [0.15, 0.2) is 24.8 Å². The van der Waals surface area contributed by atoms with Crippen molar-refractivity contribution in [2.75, 3.05) is 6.61 Å². The van der Waals surface area contributed by atoms with Crippen molar-refractivity contribution in [1.82, 2.24) is 0 Å². The number of rotatable bonds is 3. The van der Waals surface area contributed by atoms with E-state index < -0.39 is 11.4 Å². The Bertz CT molecular complexity index is 291. The smallest absolute Gasteiger partial charge is 0.320 e. The molecule has 0 heterocycles. The molecule has 0 aromatic rings. The second kappa shape index (κ2) is 4.22. The molecular weight excluding hydrogens is 180 g/mol. The van der Waals surface area contributed by atoms with Gasteiger partial charge in [0, 0.05) is 0 Å². The molecule has 0 aromatic heterocycles. The first-order valence-electron chi connectivity index (χ1n) is 4.60. The first-order chi connectivity index (χ1) is 6.61. The summed E-state index contributed by atoms with van der Waals surface area (Å²) >= 11 is 0. The predicted molar refractivity (Wildman–Crippen MR) is 52.6 cm³/mol. The molecule has 14 heavy (non-hydrogen) atoms. The number of ether oxygens (including phenoxy) is 1. The lowest BCUT2D eigenvalue weighted by Gasteiger charge is -2.26. The van der Waals surface area contributed by atoms with Crippen molar-refractivity contribution in [1.29, 1.82) is 0 Å². The summed E-state index contributed by atoms with van der Waals surface area (Å²) in [5.41, 5.74) is -0.988. The minimum atomic E-state index is -0.988. The molecule has 0 amide bonds. The molecule has 0 N–H and O–H groups in total. The van der Waals surface area contributed by atoms with Gasteiger partial charge in [-0.15, -0.1) is 0 Å². The van der Waals surface area contributed by atoms with E-state index in [4.69, 9.17) is 4.74 Å². The van der Waals surface area contributed by atoms with Crippen molar-refractivity contribution in [3.05, 3.63) is 24.8 Å². The molecule has 3 nitrogen and oxygen atoms in total. The highest BCUT2D eigenvalue weighted by Crippen LogP contribution is 2.30. The standard InChI is InChI=1S/C11H14O3/c1-3-8-14-10(13)11(2)7-5-4-6-9(11)12/h3-4,6H,1,5,7-8H2,2H3. The molecule has 0 bridgehead atoms. The van der Waals surface area contributed by atoms with Crippen LogP contribution in [0.4, 0.5) is 0 Å². The third-order valence-electron chi connectivity index (χ3n) is 2.41. The number of carbonyl (C=O) groups excluding carboxylic acids is 2. The Kier molecular flexibility index (Phi) is 3.23. The number of esters is 1. The van der Waals surface area contributed by atoms with Crippen molar-refractivity contribution in [2.24, 2.45) is 5.41 Å². The van der Waals surface area contributed by atoms with E-state index in [2.05, 4.69) is 6.58 Å². The maximum atomic E-state index is 11.6. The van der Waals surface area contributed by atoms with Crippen molar-refractivity contribution in [2.45, 2.75) is 19.8 Å². The molecule has 0 fully saturated rings. The Hall–Kier alpha value is -1.38. The van der Waals surface area contributed by atoms with Gasteiger partial charge in [0.15, 0.2) is 5.78 Å². The van der Waals surface area contributed by atoms with Gasteiger partial charge in [-0.3, -0.25) is 9.59 Å². The van der Waals surface area contributed by atoms with Crippen LogP contribution in [-0.2, 0) is 14.3 Å². The van der Waals surface area contributed by atoms with Crippen LogP contribution in [0, 0.1) is 5.41 Å². The predicted octanol–water partition coefficient (Wildman–Crippen LogP) is 1.64. The van der Waals surface area contributed by atoms with E-state index in [-0.39, 0.29) is 12.4 Å². The molecule has 1 aliphatic carbocycles. The highest BCUT2D eigenvalue weighted by atomic mass is 16.5. The van der Waals surface area contributed by atoms with Crippen molar-refractivity contribution in [3.63, 3.8) is 0 Å². The van der Waals surface area contributed by atoms with Crippen LogP contribution in [0.1, 0.15) is 19.8 Å². The second-order valence-corrected chi connectivity index (χ2v) is 3.52. The van der Waals surface area contributed by atoms with Gasteiger partial charge in [0.25, 0.3) is 0 Å². The Morgan fingerprint density at radius 3 is 3.07 bits per heavy atom. The van der Waals surface area contributed by atoms with Crippen molar-refractivity contribution >= 4 is 11.8 Å². The van der Waals surface area contributed by atoms with Crippen molar-refractivity contribution < 1.29 is 14.3 Å². The first-order valence-corrected chi connectivity index (χ1v) is 4.60. The molecule has 1 aliphatic rings. The fourth-order valence-corrected chi connectivity index (χ4v) is 1.37. The maximum absolute atomic E-state index is 11.6. The SMILES string of the molecule is C=CCOC(=O)C1(C)CCC=CC1=O. The van der Waals surface area contributed by atoms with Gasteiger partial charge in [0.2, 0.25) is 0 Å².